The summed E-state index contributed by atoms with van der Waals surface area (Å²) >= 11 is 14.2. The lowest BCUT2D eigenvalue weighted by Gasteiger charge is -2.08. The van der Waals surface area contributed by atoms with Crippen LogP contribution in [0.1, 0.15) is 18.3 Å². The standard InChI is InChI=1S/C13H12Cl2IN3/c1-2-17-13-11(16)7-18-12(19-13)5-8-3-4-9(14)6-10(8)15/h3-4,6-7H,2,5H2,1H3,(H,17,18,19). The van der Waals surface area contributed by atoms with Crippen LogP contribution in [0.4, 0.5) is 5.82 Å². The molecule has 0 bridgehead atoms. The summed E-state index contributed by atoms with van der Waals surface area (Å²) in [6.07, 6.45) is 2.40. The van der Waals surface area contributed by atoms with Gasteiger partial charge in [0.05, 0.1) is 3.57 Å². The van der Waals surface area contributed by atoms with Gasteiger partial charge in [-0.1, -0.05) is 29.3 Å². The second kappa shape index (κ2) is 6.72. The van der Waals surface area contributed by atoms with Gasteiger partial charge in [-0.2, -0.15) is 0 Å². The molecule has 0 fully saturated rings. The molecule has 1 aromatic heterocycles. The van der Waals surface area contributed by atoms with Crippen molar-refractivity contribution >= 4 is 51.6 Å². The van der Waals surface area contributed by atoms with Gasteiger partial charge in [0, 0.05) is 29.2 Å². The van der Waals surface area contributed by atoms with Gasteiger partial charge in [0.2, 0.25) is 0 Å². The maximum atomic E-state index is 6.15. The van der Waals surface area contributed by atoms with Gasteiger partial charge in [-0.3, -0.25) is 0 Å². The number of rotatable bonds is 4. The highest BCUT2D eigenvalue weighted by molar-refractivity contribution is 14.1. The normalized spacial score (nSPS) is 10.5. The monoisotopic (exact) mass is 407 g/mol. The lowest BCUT2D eigenvalue weighted by Crippen LogP contribution is -2.06. The lowest BCUT2D eigenvalue weighted by atomic mass is 10.1. The van der Waals surface area contributed by atoms with Crippen LogP contribution in [-0.4, -0.2) is 16.5 Å². The maximum Gasteiger partial charge on any atom is 0.143 e. The van der Waals surface area contributed by atoms with Gasteiger partial charge < -0.3 is 5.32 Å². The number of hydrogen-bond donors (Lipinski definition) is 1. The number of halogens is 3. The third kappa shape index (κ3) is 3.94. The third-order valence-electron chi connectivity index (χ3n) is 2.50. The Bertz CT molecular complexity index is 590. The number of hydrogen-bond acceptors (Lipinski definition) is 3. The number of nitrogens with zero attached hydrogens (tertiary/aromatic N) is 2. The molecule has 0 aliphatic carbocycles. The van der Waals surface area contributed by atoms with Crippen LogP contribution in [0.15, 0.2) is 24.4 Å². The summed E-state index contributed by atoms with van der Waals surface area (Å²) in [6.45, 7) is 2.86. The van der Waals surface area contributed by atoms with Gasteiger partial charge in [0.25, 0.3) is 0 Å². The van der Waals surface area contributed by atoms with Crippen LogP contribution in [-0.2, 0) is 6.42 Å². The maximum absolute atomic E-state index is 6.15. The summed E-state index contributed by atoms with van der Waals surface area (Å²) in [6, 6.07) is 5.45. The first-order valence-electron chi connectivity index (χ1n) is 5.79. The van der Waals surface area contributed by atoms with Crippen molar-refractivity contribution in [3.05, 3.63) is 49.4 Å². The number of anilines is 1. The highest BCUT2D eigenvalue weighted by atomic mass is 127. The highest BCUT2D eigenvalue weighted by Crippen LogP contribution is 2.23. The Hall–Kier alpha value is -0.590. The molecular formula is C13H12Cl2IN3. The van der Waals surface area contributed by atoms with Crippen molar-refractivity contribution in [1.29, 1.82) is 0 Å². The molecule has 1 N–H and O–H groups in total. The Kier molecular flexibility index (Phi) is 5.24. The van der Waals surface area contributed by atoms with Crippen molar-refractivity contribution in [3.63, 3.8) is 0 Å². The molecule has 1 aromatic carbocycles. The molecule has 0 saturated carbocycles. The average molecular weight is 408 g/mol. The molecule has 0 aliphatic heterocycles. The minimum Gasteiger partial charge on any atom is -0.369 e. The van der Waals surface area contributed by atoms with E-state index in [0.717, 1.165) is 27.3 Å². The second-order valence-corrected chi connectivity index (χ2v) is 5.93. The van der Waals surface area contributed by atoms with E-state index in [1.165, 1.54) is 0 Å². The molecule has 0 radical (unpaired) electrons. The molecule has 0 spiro atoms. The van der Waals surface area contributed by atoms with E-state index in [-0.39, 0.29) is 0 Å². The van der Waals surface area contributed by atoms with Crippen molar-refractivity contribution in [3.8, 4) is 0 Å². The summed E-state index contributed by atoms with van der Waals surface area (Å²) < 4.78 is 1.01. The first-order chi connectivity index (χ1) is 9.10. The molecule has 100 valence electrons. The largest absolute Gasteiger partial charge is 0.369 e. The summed E-state index contributed by atoms with van der Waals surface area (Å²) in [5.74, 6) is 1.60. The molecule has 1 heterocycles. The van der Waals surface area contributed by atoms with Gasteiger partial charge >= 0.3 is 0 Å². The van der Waals surface area contributed by atoms with E-state index in [9.17, 15) is 0 Å². The first kappa shape index (κ1) is 14.8. The smallest absolute Gasteiger partial charge is 0.143 e. The first-order valence-corrected chi connectivity index (χ1v) is 7.63. The quantitative estimate of drug-likeness (QED) is 0.762. The van der Waals surface area contributed by atoms with Crippen LogP contribution in [0.25, 0.3) is 0 Å². The Morgan fingerprint density at radius 2 is 2.11 bits per heavy atom. The Labute approximate surface area is 135 Å². The van der Waals surface area contributed by atoms with Crippen molar-refractivity contribution in [2.24, 2.45) is 0 Å². The highest BCUT2D eigenvalue weighted by Gasteiger charge is 2.08. The van der Waals surface area contributed by atoms with Crippen LogP contribution >= 0.6 is 45.8 Å². The zero-order chi connectivity index (χ0) is 13.8. The zero-order valence-electron chi connectivity index (χ0n) is 10.3. The molecule has 2 rings (SSSR count). The topological polar surface area (TPSA) is 37.8 Å². The average Bonchev–Trinajstić information content (AvgIpc) is 2.37. The van der Waals surface area contributed by atoms with Crippen molar-refractivity contribution in [2.75, 3.05) is 11.9 Å². The van der Waals surface area contributed by atoms with Crippen molar-refractivity contribution in [1.82, 2.24) is 9.97 Å². The fourth-order valence-corrected chi connectivity index (χ4v) is 2.54. The minimum absolute atomic E-state index is 0.589. The predicted octanol–water partition coefficient (Wildman–Crippen LogP) is 4.41. The van der Waals surface area contributed by atoms with Crippen LogP contribution in [0.3, 0.4) is 0 Å². The summed E-state index contributed by atoms with van der Waals surface area (Å²) in [5, 5.41) is 4.48. The predicted molar refractivity (Wildman–Crippen MR) is 88.2 cm³/mol. The van der Waals surface area contributed by atoms with Gasteiger partial charge in [-0.15, -0.1) is 0 Å². The second-order valence-electron chi connectivity index (χ2n) is 3.93. The van der Waals surface area contributed by atoms with Crippen LogP contribution in [0, 0.1) is 3.57 Å². The third-order valence-corrected chi connectivity index (χ3v) is 3.88. The van der Waals surface area contributed by atoms with Crippen molar-refractivity contribution < 1.29 is 0 Å². The van der Waals surface area contributed by atoms with E-state index in [2.05, 4.69) is 37.9 Å². The summed E-state index contributed by atoms with van der Waals surface area (Å²) in [7, 11) is 0. The van der Waals surface area contributed by atoms with Gasteiger partial charge in [0.15, 0.2) is 0 Å². The molecule has 0 unspecified atom stereocenters. The van der Waals surface area contributed by atoms with Gasteiger partial charge in [-0.05, 0) is 47.2 Å². The molecule has 6 heteroatoms. The van der Waals surface area contributed by atoms with E-state index in [0.29, 0.717) is 16.5 Å². The molecule has 0 amide bonds. The van der Waals surface area contributed by atoms with Crippen LogP contribution in [0.5, 0.6) is 0 Å². The van der Waals surface area contributed by atoms with Crippen molar-refractivity contribution in [2.45, 2.75) is 13.3 Å². The Morgan fingerprint density at radius 1 is 1.32 bits per heavy atom. The lowest BCUT2D eigenvalue weighted by molar-refractivity contribution is 0.955. The molecule has 3 nitrogen and oxygen atoms in total. The minimum atomic E-state index is 0.589. The van der Waals surface area contributed by atoms with Crippen LogP contribution in [0.2, 0.25) is 10.0 Å². The Balaban J connectivity index is 2.25. The Morgan fingerprint density at radius 3 is 2.79 bits per heavy atom. The summed E-state index contributed by atoms with van der Waals surface area (Å²) in [4.78, 5) is 8.83. The van der Waals surface area contributed by atoms with E-state index in [4.69, 9.17) is 23.2 Å². The molecule has 0 saturated heterocycles. The summed E-state index contributed by atoms with van der Waals surface area (Å²) in [5.41, 5.74) is 0.967. The van der Waals surface area contributed by atoms with Crippen LogP contribution < -0.4 is 5.32 Å². The van der Waals surface area contributed by atoms with E-state index < -0.39 is 0 Å². The SMILES string of the molecule is CCNc1nc(Cc2ccc(Cl)cc2Cl)ncc1I. The molecular weight excluding hydrogens is 396 g/mol. The number of aromatic nitrogens is 2. The molecule has 0 atom stereocenters. The molecule has 0 aliphatic rings. The zero-order valence-corrected chi connectivity index (χ0v) is 13.9. The fraction of sp³-hybridized carbons (Fsp3) is 0.231. The number of nitrogens with one attached hydrogen (secondary N) is 1. The van der Waals surface area contributed by atoms with Gasteiger partial charge in [0.1, 0.15) is 11.6 Å². The van der Waals surface area contributed by atoms with E-state index in [1.807, 2.05) is 25.3 Å². The van der Waals surface area contributed by atoms with Gasteiger partial charge in [-0.25, -0.2) is 9.97 Å². The van der Waals surface area contributed by atoms with E-state index in [1.54, 1.807) is 6.07 Å². The molecule has 19 heavy (non-hydrogen) atoms. The number of benzene rings is 1. The molecule has 2 aromatic rings. The fourth-order valence-electron chi connectivity index (χ4n) is 1.62. The van der Waals surface area contributed by atoms with E-state index >= 15 is 0 Å².